The molecule has 1 atom stereocenters. The molecule has 2 amide bonds. The maximum Gasteiger partial charge on any atom is 0.321 e. The highest BCUT2D eigenvalue weighted by atomic mass is 16.5. The first kappa shape index (κ1) is 13.3. The van der Waals surface area contributed by atoms with Crippen LogP contribution in [-0.2, 0) is 0 Å². The molecule has 1 unspecified atom stereocenters. The van der Waals surface area contributed by atoms with E-state index in [0.717, 1.165) is 5.75 Å². The van der Waals surface area contributed by atoms with E-state index in [0.29, 0.717) is 12.2 Å². The summed E-state index contributed by atoms with van der Waals surface area (Å²) in [6.45, 7) is 1.93. The predicted molar refractivity (Wildman–Crippen MR) is 66.3 cm³/mol. The number of hydrogen-bond donors (Lipinski definition) is 2. The van der Waals surface area contributed by atoms with E-state index in [4.69, 9.17) is 9.84 Å². The van der Waals surface area contributed by atoms with Gasteiger partial charge < -0.3 is 20.1 Å². The molecule has 17 heavy (non-hydrogen) atoms. The van der Waals surface area contributed by atoms with Crippen molar-refractivity contribution in [1.82, 2.24) is 4.90 Å². The summed E-state index contributed by atoms with van der Waals surface area (Å²) in [6, 6.07) is 6.80. The van der Waals surface area contributed by atoms with Crippen molar-refractivity contribution in [2.75, 3.05) is 26.0 Å². The average Bonchev–Trinajstić information content (AvgIpc) is 2.29. The number of benzene rings is 1. The maximum absolute atomic E-state index is 11.7. The SMILES string of the molecule is COc1ccc(NC(=O)N(C)CC(C)O)cc1. The third kappa shape index (κ3) is 4.32. The number of rotatable bonds is 4. The Labute approximate surface area is 101 Å². The van der Waals surface area contributed by atoms with E-state index < -0.39 is 6.10 Å². The number of aliphatic hydroxyl groups is 1. The second-order valence-corrected chi connectivity index (χ2v) is 3.89. The smallest absolute Gasteiger partial charge is 0.321 e. The molecule has 1 aromatic rings. The second kappa shape index (κ2) is 6.10. The van der Waals surface area contributed by atoms with E-state index in [1.165, 1.54) is 4.90 Å². The highest BCUT2D eigenvalue weighted by molar-refractivity contribution is 5.89. The number of amides is 2. The van der Waals surface area contributed by atoms with Gasteiger partial charge in [0.15, 0.2) is 0 Å². The summed E-state index contributed by atoms with van der Waals surface area (Å²) in [5, 5.41) is 11.9. The Morgan fingerprint density at radius 2 is 2.06 bits per heavy atom. The zero-order valence-electron chi connectivity index (χ0n) is 10.3. The number of carbonyl (C=O) groups excluding carboxylic acids is 1. The standard InChI is InChI=1S/C12H18N2O3/c1-9(15)8-14(2)12(16)13-10-4-6-11(17-3)7-5-10/h4-7,9,15H,8H2,1-3H3,(H,13,16). The number of likely N-dealkylation sites (N-methyl/N-ethyl adjacent to an activating group) is 1. The van der Waals surface area contributed by atoms with Crippen LogP contribution in [0.1, 0.15) is 6.92 Å². The highest BCUT2D eigenvalue weighted by Gasteiger charge is 2.10. The van der Waals surface area contributed by atoms with Crippen molar-refractivity contribution in [2.45, 2.75) is 13.0 Å². The van der Waals surface area contributed by atoms with Crippen LogP contribution in [0.3, 0.4) is 0 Å². The first-order valence-electron chi connectivity index (χ1n) is 5.37. The van der Waals surface area contributed by atoms with Gasteiger partial charge in [-0.2, -0.15) is 0 Å². The number of nitrogens with zero attached hydrogens (tertiary/aromatic N) is 1. The van der Waals surface area contributed by atoms with Crippen LogP contribution in [0, 0.1) is 0 Å². The van der Waals surface area contributed by atoms with Gasteiger partial charge in [-0.1, -0.05) is 0 Å². The van der Waals surface area contributed by atoms with E-state index >= 15 is 0 Å². The number of ether oxygens (including phenoxy) is 1. The quantitative estimate of drug-likeness (QED) is 0.836. The van der Waals surface area contributed by atoms with Crippen LogP contribution in [0.2, 0.25) is 0 Å². The molecule has 0 spiro atoms. The lowest BCUT2D eigenvalue weighted by molar-refractivity contribution is 0.149. The summed E-state index contributed by atoms with van der Waals surface area (Å²) in [6.07, 6.45) is -0.540. The maximum atomic E-state index is 11.7. The summed E-state index contributed by atoms with van der Waals surface area (Å²) < 4.78 is 5.02. The van der Waals surface area contributed by atoms with Gasteiger partial charge in [-0.15, -0.1) is 0 Å². The zero-order chi connectivity index (χ0) is 12.8. The fraction of sp³-hybridized carbons (Fsp3) is 0.417. The van der Waals surface area contributed by atoms with Gasteiger partial charge in [0.25, 0.3) is 0 Å². The van der Waals surface area contributed by atoms with Gasteiger partial charge in [0.05, 0.1) is 13.2 Å². The summed E-state index contributed by atoms with van der Waals surface area (Å²) in [5.41, 5.74) is 0.688. The largest absolute Gasteiger partial charge is 0.497 e. The van der Waals surface area contributed by atoms with Gasteiger partial charge in [0, 0.05) is 19.3 Å². The van der Waals surface area contributed by atoms with Crippen molar-refractivity contribution in [3.05, 3.63) is 24.3 Å². The molecule has 94 valence electrons. The van der Waals surface area contributed by atoms with Gasteiger partial charge >= 0.3 is 6.03 Å². The van der Waals surface area contributed by atoms with Gasteiger partial charge in [-0.3, -0.25) is 0 Å². The lowest BCUT2D eigenvalue weighted by Crippen LogP contribution is -2.36. The number of carbonyl (C=O) groups is 1. The summed E-state index contributed by atoms with van der Waals surface area (Å²) >= 11 is 0. The van der Waals surface area contributed by atoms with Crippen LogP contribution in [0.25, 0.3) is 0 Å². The number of urea groups is 1. The second-order valence-electron chi connectivity index (χ2n) is 3.89. The molecule has 1 rings (SSSR count). The van der Waals surface area contributed by atoms with E-state index in [9.17, 15) is 4.79 Å². The number of nitrogens with one attached hydrogen (secondary N) is 1. The molecule has 0 aliphatic carbocycles. The summed E-state index contributed by atoms with van der Waals surface area (Å²) in [7, 11) is 3.22. The zero-order valence-corrected chi connectivity index (χ0v) is 10.3. The van der Waals surface area contributed by atoms with Crippen molar-refractivity contribution in [2.24, 2.45) is 0 Å². The Morgan fingerprint density at radius 1 is 1.47 bits per heavy atom. The van der Waals surface area contributed by atoms with Gasteiger partial charge in [0.2, 0.25) is 0 Å². The normalized spacial score (nSPS) is 11.8. The molecule has 0 heterocycles. The van der Waals surface area contributed by atoms with Crippen LogP contribution in [0.15, 0.2) is 24.3 Å². The molecule has 1 aromatic carbocycles. The third-order valence-corrected chi connectivity index (χ3v) is 2.23. The highest BCUT2D eigenvalue weighted by Crippen LogP contribution is 2.15. The van der Waals surface area contributed by atoms with Gasteiger partial charge in [-0.25, -0.2) is 4.79 Å². The molecule has 5 nitrogen and oxygen atoms in total. The number of anilines is 1. The summed E-state index contributed by atoms with van der Waals surface area (Å²) in [5.74, 6) is 0.736. The fourth-order valence-electron chi connectivity index (χ4n) is 1.37. The van der Waals surface area contributed by atoms with Crippen LogP contribution < -0.4 is 10.1 Å². The Morgan fingerprint density at radius 3 is 2.53 bits per heavy atom. The molecule has 5 heteroatoms. The Balaban J connectivity index is 2.55. The third-order valence-electron chi connectivity index (χ3n) is 2.23. The minimum atomic E-state index is -0.540. The number of methoxy groups -OCH3 is 1. The molecule has 0 aliphatic heterocycles. The fourth-order valence-corrected chi connectivity index (χ4v) is 1.37. The molecule has 0 saturated carbocycles. The van der Waals surface area contributed by atoms with Crippen molar-refractivity contribution in [3.8, 4) is 5.75 Å². The van der Waals surface area contributed by atoms with E-state index in [-0.39, 0.29) is 6.03 Å². The van der Waals surface area contributed by atoms with Crippen molar-refractivity contribution < 1.29 is 14.6 Å². The molecule has 0 saturated heterocycles. The number of aliphatic hydroxyl groups excluding tert-OH is 1. The van der Waals surface area contributed by atoms with Crippen LogP contribution in [0.4, 0.5) is 10.5 Å². The van der Waals surface area contributed by atoms with Crippen molar-refractivity contribution >= 4 is 11.7 Å². The summed E-state index contributed by atoms with van der Waals surface area (Å²) in [4.78, 5) is 13.1. The van der Waals surface area contributed by atoms with E-state index in [1.54, 1.807) is 45.3 Å². The Kier molecular flexibility index (Phi) is 4.78. The minimum Gasteiger partial charge on any atom is -0.497 e. The topological polar surface area (TPSA) is 61.8 Å². The van der Waals surface area contributed by atoms with Crippen LogP contribution in [0.5, 0.6) is 5.75 Å². The molecule has 0 radical (unpaired) electrons. The van der Waals surface area contributed by atoms with Crippen molar-refractivity contribution in [1.29, 1.82) is 0 Å². The first-order valence-corrected chi connectivity index (χ1v) is 5.37. The number of hydrogen-bond acceptors (Lipinski definition) is 3. The van der Waals surface area contributed by atoms with Gasteiger partial charge in [-0.05, 0) is 31.2 Å². The van der Waals surface area contributed by atoms with Crippen LogP contribution in [-0.4, -0.2) is 42.8 Å². The molecule has 0 fully saturated rings. The molecule has 2 N–H and O–H groups in total. The molecule has 0 bridgehead atoms. The molecule has 0 aliphatic rings. The Bertz CT molecular complexity index is 363. The van der Waals surface area contributed by atoms with Crippen molar-refractivity contribution in [3.63, 3.8) is 0 Å². The van der Waals surface area contributed by atoms with Gasteiger partial charge in [0.1, 0.15) is 5.75 Å². The minimum absolute atomic E-state index is 0.254. The molecular formula is C12H18N2O3. The van der Waals surface area contributed by atoms with Crippen LogP contribution >= 0.6 is 0 Å². The van der Waals surface area contributed by atoms with E-state index in [1.807, 2.05) is 0 Å². The molecular weight excluding hydrogens is 220 g/mol. The monoisotopic (exact) mass is 238 g/mol. The lowest BCUT2D eigenvalue weighted by Gasteiger charge is -2.19. The van der Waals surface area contributed by atoms with E-state index in [2.05, 4.69) is 5.32 Å². The molecule has 0 aromatic heterocycles. The Hall–Kier alpha value is -1.75. The predicted octanol–water partition coefficient (Wildman–Crippen LogP) is 1.54. The average molecular weight is 238 g/mol. The first-order chi connectivity index (χ1) is 8.02. The lowest BCUT2D eigenvalue weighted by atomic mass is 10.3.